The van der Waals surface area contributed by atoms with Crippen LogP contribution in [-0.4, -0.2) is 16.3 Å². The number of hydrogen-bond donors (Lipinski definition) is 1. The van der Waals surface area contributed by atoms with Gasteiger partial charge in [-0.25, -0.2) is 0 Å². The van der Waals surface area contributed by atoms with Crippen LogP contribution < -0.4 is 0 Å². The summed E-state index contributed by atoms with van der Waals surface area (Å²) in [6, 6.07) is 7.06. The minimum atomic E-state index is 0.198. The van der Waals surface area contributed by atoms with E-state index in [1.165, 1.54) is 19.3 Å². The Kier molecular flexibility index (Phi) is 3.78. The molecule has 86 valence electrons. The average molecular weight is 236 g/mol. The first kappa shape index (κ1) is 11.4. The molecule has 2 rings (SSSR count). The molecule has 1 fully saturated rings. The second kappa shape index (κ2) is 5.30. The third-order valence-corrected chi connectivity index (χ3v) is 3.27. The average Bonchev–Trinajstić information content (AvgIpc) is 2.31. The van der Waals surface area contributed by atoms with E-state index in [4.69, 9.17) is 17.0 Å². The van der Waals surface area contributed by atoms with Gasteiger partial charge in [-0.2, -0.15) is 0 Å². The fourth-order valence-corrected chi connectivity index (χ4v) is 2.35. The number of ether oxygens (including phenoxy) is 1. The van der Waals surface area contributed by atoms with Gasteiger partial charge in [-0.15, -0.1) is 0 Å². The molecule has 0 radical (unpaired) electrons. The number of phenolic OH excluding ortho intramolecular Hbond substituents is 1. The summed E-state index contributed by atoms with van der Waals surface area (Å²) < 4.78 is 5.73. The maximum absolute atomic E-state index is 9.64. The van der Waals surface area contributed by atoms with E-state index in [9.17, 15) is 5.11 Å². The highest BCUT2D eigenvalue weighted by molar-refractivity contribution is 7.80. The van der Waals surface area contributed by atoms with Gasteiger partial charge in [-0.3, -0.25) is 0 Å². The summed E-state index contributed by atoms with van der Waals surface area (Å²) in [7, 11) is 0. The first-order valence-electron chi connectivity index (χ1n) is 5.76. The fraction of sp³-hybridized carbons (Fsp3) is 0.462. The van der Waals surface area contributed by atoms with Gasteiger partial charge in [-0.05, 0) is 50.0 Å². The zero-order chi connectivity index (χ0) is 11.4. The zero-order valence-corrected chi connectivity index (χ0v) is 10.0. The van der Waals surface area contributed by atoms with Crippen LogP contribution in [0.3, 0.4) is 0 Å². The molecule has 0 aromatic heterocycles. The van der Waals surface area contributed by atoms with Gasteiger partial charge in [0, 0.05) is 0 Å². The van der Waals surface area contributed by atoms with Crippen molar-refractivity contribution >= 4 is 17.3 Å². The number of thiocarbonyl (C=S) groups is 1. The molecule has 16 heavy (non-hydrogen) atoms. The molecule has 0 aliphatic heterocycles. The molecular weight excluding hydrogens is 220 g/mol. The van der Waals surface area contributed by atoms with Crippen molar-refractivity contribution in [2.75, 3.05) is 0 Å². The Morgan fingerprint density at radius 3 is 2.56 bits per heavy atom. The molecule has 3 heteroatoms. The number of hydrogen-bond acceptors (Lipinski definition) is 3. The molecule has 1 aliphatic carbocycles. The topological polar surface area (TPSA) is 29.5 Å². The van der Waals surface area contributed by atoms with Crippen LogP contribution in [0.5, 0.6) is 5.75 Å². The van der Waals surface area contributed by atoms with Crippen molar-refractivity contribution in [3.05, 3.63) is 29.8 Å². The molecule has 0 unspecified atom stereocenters. The number of phenols is 1. The maximum Gasteiger partial charge on any atom is 0.195 e. The van der Waals surface area contributed by atoms with Crippen LogP contribution in [0.15, 0.2) is 24.3 Å². The molecular formula is C13H16O2S. The Labute approximate surface area is 101 Å². The molecule has 0 heterocycles. The van der Waals surface area contributed by atoms with E-state index in [2.05, 4.69) is 0 Å². The Balaban J connectivity index is 2.00. The van der Waals surface area contributed by atoms with Crippen molar-refractivity contribution in [1.29, 1.82) is 0 Å². The Morgan fingerprint density at radius 1 is 1.19 bits per heavy atom. The van der Waals surface area contributed by atoms with Crippen LogP contribution >= 0.6 is 12.2 Å². The van der Waals surface area contributed by atoms with E-state index in [1.807, 2.05) is 6.07 Å². The highest BCUT2D eigenvalue weighted by Crippen LogP contribution is 2.24. The summed E-state index contributed by atoms with van der Waals surface area (Å²) >= 11 is 5.21. The van der Waals surface area contributed by atoms with Gasteiger partial charge in [0.2, 0.25) is 0 Å². The van der Waals surface area contributed by atoms with Crippen LogP contribution in [0.25, 0.3) is 0 Å². The minimum absolute atomic E-state index is 0.198. The lowest BCUT2D eigenvalue weighted by atomic mass is 9.98. The van der Waals surface area contributed by atoms with Crippen molar-refractivity contribution in [2.24, 2.45) is 0 Å². The largest absolute Gasteiger partial charge is 0.507 e. The van der Waals surface area contributed by atoms with Crippen molar-refractivity contribution in [3.63, 3.8) is 0 Å². The van der Waals surface area contributed by atoms with E-state index in [0.717, 1.165) is 12.8 Å². The first-order valence-corrected chi connectivity index (χ1v) is 6.17. The molecule has 0 amide bonds. The highest BCUT2D eigenvalue weighted by atomic mass is 32.1. The molecule has 0 atom stereocenters. The third kappa shape index (κ3) is 2.73. The molecule has 1 N–H and O–H groups in total. The molecule has 0 saturated heterocycles. The van der Waals surface area contributed by atoms with E-state index < -0.39 is 0 Å². The van der Waals surface area contributed by atoms with E-state index >= 15 is 0 Å². The SMILES string of the molecule is Oc1ccccc1C(=S)OC1CCCCC1. The quantitative estimate of drug-likeness (QED) is 0.798. The van der Waals surface area contributed by atoms with Crippen LogP contribution in [0.2, 0.25) is 0 Å². The van der Waals surface area contributed by atoms with Gasteiger partial charge in [0.15, 0.2) is 5.05 Å². The Morgan fingerprint density at radius 2 is 1.88 bits per heavy atom. The monoisotopic (exact) mass is 236 g/mol. The Hall–Kier alpha value is -1.09. The lowest BCUT2D eigenvalue weighted by molar-refractivity contribution is 0.148. The number of para-hydroxylation sites is 1. The lowest BCUT2D eigenvalue weighted by Crippen LogP contribution is -2.20. The highest BCUT2D eigenvalue weighted by Gasteiger charge is 2.17. The van der Waals surface area contributed by atoms with Crippen molar-refractivity contribution < 1.29 is 9.84 Å². The predicted molar refractivity (Wildman–Crippen MR) is 67.8 cm³/mol. The molecule has 1 saturated carbocycles. The van der Waals surface area contributed by atoms with Crippen LogP contribution in [0, 0.1) is 0 Å². The smallest absolute Gasteiger partial charge is 0.195 e. The molecule has 0 bridgehead atoms. The van der Waals surface area contributed by atoms with Gasteiger partial charge < -0.3 is 9.84 Å². The molecule has 0 spiro atoms. The van der Waals surface area contributed by atoms with Gasteiger partial charge in [0.25, 0.3) is 0 Å². The molecule has 1 aliphatic rings. The van der Waals surface area contributed by atoms with Gasteiger partial charge in [0.1, 0.15) is 5.75 Å². The third-order valence-electron chi connectivity index (χ3n) is 2.95. The number of aromatic hydroxyl groups is 1. The fourth-order valence-electron chi connectivity index (χ4n) is 2.04. The number of benzene rings is 1. The molecule has 1 aromatic carbocycles. The maximum atomic E-state index is 9.64. The summed E-state index contributed by atoms with van der Waals surface area (Å²) in [5, 5.41) is 10.1. The second-order valence-corrected chi connectivity index (χ2v) is 4.55. The van der Waals surface area contributed by atoms with Crippen LogP contribution in [0.1, 0.15) is 37.7 Å². The molecule has 1 aromatic rings. The standard InChI is InChI=1S/C13H16O2S/c14-12-9-5-4-8-11(12)13(16)15-10-6-2-1-3-7-10/h4-5,8-10,14H,1-3,6-7H2. The summed E-state index contributed by atoms with van der Waals surface area (Å²) in [5.74, 6) is 0.198. The molecule has 2 nitrogen and oxygen atoms in total. The number of rotatable bonds is 2. The van der Waals surface area contributed by atoms with Gasteiger partial charge in [-0.1, -0.05) is 18.6 Å². The van der Waals surface area contributed by atoms with Crippen molar-refractivity contribution in [1.82, 2.24) is 0 Å². The van der Waals surface area contributed by atoms with Gasteiger partial charge >= 0.3 is 0 Å². The predicted octanol–water partition coefficient (Wildman–Crippen LogP) is 3.42. The normalized spacial score (nSPS) is 17.0. The van der Waals surface area contributed by atoms with E-state index in [1.54, 1.807) is 18.2 Å². The second-order valence-electron chi connectivity index (χ2n) is 4.18. The van der Waals surface area contributed by atoms with Crippen LogP contribution in [0.4, 0.5) is 0 Å². The summed E-state index contributed by atoms with van der Waals surface area (Å²) in [4.78, 5) is 0. The van der Waals surface area contributed by atoms with Crippen LogP contribution in [-0.2, 0) is 4.74 Å². The van der Waals surface area contributed by atoms with E-state index in [-0.39, 0.29) is 11.9 Å². The van der Waals surface area contributed by atoms with Gasteiger partial charge in [0.05, 0.1) is 11.7 Å². The minimum Gasteiger partial charge on any atom is -0.507 e. The van der Waals surface area contributed by atoms with Crippen molar-refractivity contribution in [3.8, 4) is 5.75 Å². The summed E-state index contributed by atoms with van der Waals surface area (Å²) in [5.41, 5.74) is 0.628. The summed E-state index contributed by atoms with van der Waals surface area (Å²) in [6.45, 7) is 0. The lowest BCUT2D eigenvalue weighted by Gasteiger charge is -2.23. The zero-order valence-electron chi connectivity index (χ0n) is 9.19. The first-order chi connectivity index (χ1) is 7.77. The van der Waals surface area contributed by atoms with Crippen molar-refractivity contribution in [2.45, 2.75) is 38.2 Å². The van der Waals surface area contributed by atoms with E-state index in [0.29, 0.717) is 10.6 Å². The summed E-state index contributed by atoms with van der Waals surface area (Å²) in [6.07, 6.45) is 6.12. The Bertz CT molecular complexity index is 370.